The number of esters is 1. The predicted molar refractivity (Wildman–Crippen MR) is 71.2 cm³/mol. The van der Waals surface area contributed by atoms with Crippen LogP contribution >= 0.6 is 0 Å². The molecule has 21 heavy (non-hydrogen) atoms. The lowest BCUT2D eigenvalue weighted by molar-refractivity contribution is -0.151. The normalized spacial score (nSPS) is 25.3. The number of carbonyl (C=O) groups excluding carboxylic acids is 1. The van der Waals surface area contributed by atoms with Crippen molar-refractivity contribution in [2.24, 2.45) is 0 Å². The summed E-state index contributed by atoms with van der Waals surface area (Å²) in [5.41, 5.74) is 6.77. The molecule has 1 aliphatic rings. The summed E-state index contributed by atoms with van der Waals surface area (Å²) in [5.74, 6) is -0.159. The van der Waals surface area contributed by atoms with Gasteiger partial charge in [-0.25, -0.2) is 15.0 Å². The van der Waals surface area contributed by atoms with E-state index >= 15 is 0 Å². The molecular weight excluding hydrogens is 278 g/mol. The monoisotopic (exact) mass is 293 g/mol. The average Bonchev–Trinajstić information content (AvgIpc) is 3.02. The van der Waals surface area contributed by atoms with E-state index < -0.39 is 18.2 Å². The van der Waals surface area contributed by atoms with Crippen LogP contribution in [0.3, 0.4) is 0 Å². The van der Waals surface area contributed by atoms with Gasteiger partial charge in [-0.05, 0) is 0 Å². The molecule has 1 aliphatic heterocycles. The maximum absolute atomic E-state index is 11.3. The highest BCUT2D eigenvalue weighted by atomic mass is 16.6. The number of anilines is 1. The maximum atomic E-state index is 11.3. The van der Waals surface area contributed by atoms with Crippen LogP contribution in [0.4, 0.5) is 5.82 Å². The van der Waals surface area contributed by atoms with Crippen LogP contribution in [0.25, 0.3) is 11.2 Å². The Morgan fingerprint density at radius 2 is 2.38 bits per heavy atom. The Labute approximate surface area is 119 Å². The number of nitrogens with zero attached hydrogens (tertiary/aromatic N) is 4. The minimum Gasteiger partial charge on any atom is -0.457 e. The van der Waals surface area contributed by atoms with E-state index in [1.807, 2.05) is 0 Å². The number of fused-ring (bicyclic) bond motifs is 1. The van der Waals surface area contributed by atoms with Crippen LogP contribution in [-0.4, -0.2) is 56.0 Å². The second-order valence-corrected chi connectivity index (χ2v) is 4.78. The molecular formula is C12H15N5O4. The standard InChI is InChI=1S/C12H15N5O4/c1-6(19)21-10-7(3-20-8(10)2-18)17-5-16-9-11(13)14-4-15-12(9)17/h4-5,7-8,10,18H,2-3H2,1H3,(H2,13,14,15)/t7-,8-,10+/m0/s1. The number of hydrogen-bond acceptors (Lipinski definition) is 8. The Morgan fingerprint density at radius 1 is 1.57 bits per heavy atom. The molecule has 1 saturated heterocycles. The number of ether oxygens (including phenoxy) is 2. The van der Waals surface area contributed by atoms with Crippen molar-refractivity contribution in [2.45, 2.75) is 25.2 Å². The molecule has 0 saturated carbocycles. The number of aromatic nitrogens is 4. The van der Waals surface area contributed by atoms with Gasteiger partial charge >= 0.3 is 5.97 Å². The summed E-state index contributed by atoms with van der Waals surface area (Å²) in [6.07, 6.45) is 1.72. The fourth-order valence-corrected chi connectivity index (χ4v) is 2.51. The van der Waals surface area contributed by atoms with Crippen molar-refractivity contribution in [2.75, 3.05) is 18.9 Å². The Bertz CT molecular complexity index is 673. The number of aliphatic hydroxyl groups is 1. The zero-order chi connectivity index (χ0) is 15.0. The molecule has 0 amide bonds. The van der Waals surface area contributed by atoms with Crippen molar-refractivity contribution in [3.63, 3.8) is 0 Å². The van der Waals surface area contributed by atoms with Crippen LogP contribution in [0.2, 0.25) is 0 Å². The molecule has 9 nitrogen and oxygen atoms in total. The highest BCUT2D eigenvalue weighted by Crippen LogP contribution is 2.30. The van der Waals surface area contributed by atoms with Gasteiger partial charge < -0.3 is 24.9 Å². The number of rotatable bonds is 3. The molecule has 0 radical (unpaired) electrons. The van der Waals surface area contributed by atoms with Crippen LogP contribution in [0, 0.1) is 0 Å². The molecule has 3 heterocycles. The largest absolute Gasteiger partial charge is 0.457 e. The number of aliphatic hydroxyl groups excluding tert-OH is 1. The van der Waals surface area contributed by atoms with Gasteiger partial charge in [-0.3, -0.25) is 4.79 Å². The van der Waals surface area contributed by atoms with E-state index in [1.54, 1.807) is 10.9 Å². The van der Waals surface area contributed by atoms with Crippen LogP contribution in [-0.2, 0) is 14.3 Å². The summed E-state index contributed by atoms with van der Waals surface area (Å²) in [4.78, 5) is 23.5. The molecule has 2 aromatic rings. The molecule has 3 atom stereocenters. The zero-order valence-electron chi connectivity index (χ0n) is 11.3. The SMILES string of the molecule is CC(=O)O[C@H]1[C@H](CO)OC[C@@H]1n1cnc2c(N)ncnc21. The van der Waals surface area contributed by atoms with E-state index in [9.17, 15) is 9.90 Å². The van der Waals surface area contributed by atoms with Gasteiger partial charge in [0.25, 0.3) is 0 Å². The third kappa shape index (κ3) is 2.30. The van der Waals surface area contributed by atoms with Crippen molar-refractivity contribution >= 4 is 23.0 Å². The van der Waals surface area contributed by atoms with Crippen molar-refractivity contribution in [3.8, 4) is 0 Å². The average molecular weight is 293 g/mol. The third-order valence-electron chi connectivity index (χ3n) is 3.45. The van der Waals surface area contributed by atoms with Gasteiger partial charge in [0.2, 0.25) is 0 Å². The second-order valence-electron chi connectivity index (χ2n) is 4.78. The van der Waals surface area contributed by atoms with Crippen molar-refractivity contribution in [1.29, 1.82) is 0 Å². The fourth-order valence-electron chi connectivity index (χ4n) is 2.51. The minimum absolute atomic E-state index is 0.238. The molecule has 0 aliphatic carbocycles. The number of nitrogens with two attached hydrogens (primary N) is 1. The fraction of sp³-hybridized carbons (Fsp3) is 0.500. The van der Waals surface area contributed by atoms with E-state index in [4.69, 9.17) is 15.2 Å². The van der Waals surface area contributed by atoms with E-state index in [2.05, 4.69) is 15.0 Å². The molecule has 112 valence electrons. The maximum Gasteiger partial charge on any atom is 0.303 e. The predicted octanol–water partition coefficient (Wildman–Crippen LogP) is -0.728. The number of imidazole rings is 1. The van der Waals surface area contributed by atoms with Gasteiger partial charge in [-0.1, -0.05) is 0 Å². The topological polar surface area (TPSA) is 125 Å². The summed E-state index contributed by atoms with van der Waals surface area (Å²) >= 11 is 0. The number of nitrogen functional groups attached to an aromatic ring is 1. The molecule has 2 aromatic heterocycles. The van der Waals surface area contributed by atoms with Gasteiger partial charge in [0, 0.05) is 6.92 Å². The lowest BCUT2D eigenvalue weighted by atomic mass is 10.1. The van der Waals surface area contributed by atoms with E-state index in [0.29, 0.717) is 11.2 Å². The van der Waals surface area contributed by atoms with Crippen molar-refractivity contribution in [1.82, 2.24) is 19.5 Å². The lowest BCUT2D eigenvalue weighted by Gasteiger charge is -2.22. The van der Waals surface area contributed by atoms with Gasteiger partial charge in [0.05, 0.1) is 25.6 Å². The van der Waals surface area contributed by atoms with Gasteiger partial charge in [-0.15, -0.1) is 0 Å². The van der Waals surface area contributed by atoms with Crippen LogP contribution < -0.4 is 5.73 Å². The summed E-state index contributed by atoms with van der Waals surface area (Å²) in [6.45, 7) is 1.35. The van der Waals surface area contributed by atoms with Crippen LogP contribution in [0.5, 0.6) is 0 Å². The molecule has 0 spiro atoms. The first kappa shape index (κ1) is 13.7. The molecule has 0 aromatic carbocycles. The minimum atomic E-state index is -0.610. The Morgan fingerprint density at radius 3 is 3.10 bits per heavy atom. The Hall–Kier alpha value is -2.26. The quantitative estimate of drug-likeness (QED) is 0.710. The highest BCUT2D eigenvalue weighted by molar-refractivity contribution is 5.81. The molecule has 0 bridgehead atoms. The Balaban J connectivity index is 2.00. The lowest BCUT2D eigenvalue weighted by Crippen LogP contribution is -2.35. The second kappa shape index (κ2) is 5.26. The third-order valence-corrected chi connectivity index (χ3v) is 3.45. The highest BCUT2D eigenvalue weighted by Gasteiger charge is 2.41. The van der Waals surface area contributed by atoms with Crippen LogP contribution in [0.15, 0.2) is 12.7 Å². The van der Waals surface area contributed by atoms with E-state index in [-0.39, 0.29) is 25.1 Å². The molecule has 1 fully saturated rings. The summed E-state index contributed by atoms with van der Waals surface area (Å²) in [6, 6.07) is -0.328. The molecule has 3 rings (SSSR count). The first-order chi connectivity index (χ1) is 10.1. The van der Waals surface area contributed by atoms with E-state index in [1.165, 1.54) is 13.3 Å². The number of hydrogen-bond donors (Lipinski definition) is 2. The van der Waals surface area contributed by atoms with Crippen molar-refractivity contribution < 1.29 is 19.4 Å². The first-order valence-corrected chi connectivity index (χ1v) is 6.44. The number of carbonyl (C=O) groups is 1. The first-order valence-electron chi connectivity index (χ1n) is 6.44. The zero-order valence-corrected chi connectivity index (χ0v) is 11.3. The van der Waals surface area contributed by atoms with Gasteiger partial charge in [-0.2, -0.15) is 0 Å². The molecule has 9 heteroatoms. The van der Waals surface area contributed by atoms with E-state index in [0.717, 1.165) is 0 Å². The van der Waals surface area contributed by atoms with Gasteiger partial charge in [0.1, 0.15) is 17.9 Å². The smallest absolute Gasteiger partial charge is 0.303 e. The summed E-state index contributed by atoms with van der Waals surface area (Å²) in [5, 5.41) is 9.34. The van der Waals surface area contributed by atoms with Crippen molar-refractivity contribution in [3.05, 3.63) is 12.7 Å². The summed E-state index contributed by atoms with van der Waals surface area (Å²) < 4.78 is 12.5. The van der Waals surface area contributed by atoms with Crippen LogP contribution in [0.1, 0.15) is 13.0 Å². The summed E-state index contributed by atoms with van der Waals surface area (Å²) in [7, 11) is 0. The van der Waals surface area contributed by atoms with Gasteiger partial charge in [0.15, 0.2) is 17.6 Å². The molecule has 0 unspecified atom stereocenters. The molecule has 3 N–H and O–H groups in total. The Kier molecular flexibility index (Phi) is 3.43.